The summed E-state index contributed by atoms with van der Waals surface area (Å²) in [6.07, 6.45) is 3.33. The first kappa shape index (κ1) is 11.3. The molecule has 0 aromatic carbocycles. The van der Waals surface area contributed by atoms with Crippen molar-refractivity contribution in [1.82, 2.24) is 4.98 Å². The van der Waals surface area contributed by atoms with Crippen LogP contribution in [-0.4, -0.2) is 28.6 Å². The molecule has 1 aliphatic carbocycles. The first-order valence-corrected chi connectivity index (χ1v) is 7.03. The fraction of sp³-hybridized carbons (Fsp3) is 0.636. The Balaban J connectivity index is 1.91. The first-order valence-electron chi connectivity index (χ1n) is 5.77. The monoisotopic (exact) mass is 272 g/mol. The van der Waals surface area contributed by atoms with E-state index >= 15 is 0 Å². The van der Waals surface area contributed by atoms with Crippen LogP contribution < -0.4 is 4.90 Å². The summed E-state index contributed by atoms with van der Waals surface area (Å²) in [6, 6.07) is -0.412. The average Bonchev–Trinajstić information content (AvgIpc) is 2.88. The fourth-order valence-electron chi connectivity index (χ4n) is 3.20. The first-order chi connectivity index (χ1) is 8.16. The van der Waals surface area contributed by atoms with Crippen molar-refractivity contribution in [2.75, 3.05) is 11.4 Å². The van der Waals surface area contributed by atoms with Crippen LogP contribution >= 0.6 is 22.9 Å². The summed E-state index contributed by atoms with van der Waals surface area (Å²) in [6.45, 7) is 0.811. The lowest BCUT2D eigenvalue weighted by Crippen LogP contribution is -2.39. The van der Waals surface area contributed by atoms with E-state index in [1.54, 1.807) is 5.38 Å². The Morgan fingerprint density at radius 1 is 1.59 bits per heavy atom. The van der Waals surface area contributed by atoms with E-state index in [9.17, 15) is 9.90 Å². The molecule has 1 aromatic rings. The van der Waals surface area contributed by atoms with Gasteiger partial charge in [-0.2, -0.15) is 0 Å². The molecule has 1 saturated carbocycles. The number of hydrogen-bond acceptors (Lipinski definition) is 4. The van der Waals surface area contributed by atoms with Gasteiger partial charge in [0.1, 0.15) is 11.2 Å². The van der Waals surface area contributed by atoms with Crippen molar-refractivity contribution in [3.05, 3.63) is 10.5 Å². The number of carboxylic acid groups (broad SMARTS) is 1. The average molecular weight is 273 g/mol. The maximum atomic E-state index is 11.4. The lowest BCUT2D eigenvalue weighted by atomic mass is 9.94. The zero-order valence-electron chi connectivity index (χ0n) is 9.17. The van der Waals surface area contributed by atoms with Crippen LogP contribution in [0.5, 0.6) is 0 Å². The topological polar surface area (TPSA) is 53.4 Å². The predicted octanol–water partition coefficient (Wildman–Crippen LogP) is 2.49. The number of nitrogens with zero attached hydrogens (tertiary/aromatic N) is 2. The van der Waals surface area contributed by atoms with Gasteiger partial charge in [0.15, 0.2) is 5.13 Å². The summed E-state index contributed by atoms with van der Waals surface area (Å²) < 4.78 is 0. The Hall–Kier alpha value is -0.810. The summed E-state index contributed by atoms with van der Waals surface area (Å²) in [7, 11) is 0. The number of rotatable bonds is 2. The lowest BCUT2D eigenvalue weighted by molar-refractivity contribution is -0.139. The Kier molecular flexibility index (Phi) is 2.75. The number of hydrogen-bond donors (Lipinski definition) is 1. The third-order valence-corrected chi connectivity index (χ3v) is 5.05. The molecule has 4 nitrogen and oxygen atoms in total. The number of aromatic nitrogens is 1. The molecule has 0 spiro atoms. The highest BCUT2D eigenvalue weighted by Gasteiger charge is 2.48. The zero-order chi connectivity index (χ0) is 12.0. The minimum absolute atomic E-state index is 0.287. The summed E-state index contributed by atoms with van der Waals surface area (Å²) in [5.41, 5.74) is 0. The molecule has 0 amide bonds. The standard InChI is InChI=1S/C11H13ClN2O2S/c12-8-5-17-11(13-8)14-4-6-2-1-3-7(6)9(14)10(15)16/h5-7,9H,1-4H2,(H,15,16). The molecule has 1 aromatic heterocycles. The Morgan fingerprint density at radius 3 is 3.06 bits per heavy atom. The van der Waals surface area contributed by atoms with Crippen molar-refractivity contribution in [3.8, 4) is 0 Å². The zero-order valence-corrected chi connectivity index (χ0v) is 10.7. The van der Waals surface area contributed by atoms with E-state index in [-0.39, 0.29) is 5.92 Å². The molecule has 17 heavy (non-hydrogen) atoms. The maximum absolute atomic E-state index is 11.4. The molecular formula is C11H13ClN2O2S. The molecule has 6 heteroatoms. The SMILES string of the molecule is O=C(O)C1C2CCCC2CN1c1nc(Cl)cs1. The van der Waals surface area contributed by atoms with Crippen molar-refractivity contribution < 1.29 is 9.90 Å². The molecule has 3 unspecified atom stereocenters. The number of fused-ring (bicyclic) bond motifs is 1. The van der Waals surface area contributed by atoms with Gasteiger partial charge in [0.2, 0.25) is 0 Å². The number of thiazole rings is 1. The van der Waals surface area contributed by atoms with Gasteiger partial charge in [0.05, 0.1) is 0 Å². The smallest absolute Gasteiger partial charge is 0.326 e. The molecule has 3 rings (SSSR count). The molecule has 2 aliphatic rings. The second kappa shape index (κ2) is 4.14. The van der Waals surface area contributed by atoms with Gasteiger partial charge in [-0.25, -0.2) is 9.78 Å². The third kappa shape index (κ3) is 1.81. The quantitative estimate of drug-likeness (QED) is 0.899. The Labute approximate surface area is 108 Å². The van der Waals surface area contributed by atoms with Crippen LogP contribution in [0.4, 0.5) is 5.13 Å². The number of carbonyl (C=O) groups is 1. The number of halogens is 1. The summed E-state index contributed by atoms with van der Waals surface area (Å²) in [5.74, 6) is 0.0691. The van der Waals surface area contributed by atoms with Gasteiger partial charge >= 0.3 is 5.97 Å². The van der Waals surface area contributed by atoms with E-state index in [0.717, 1.165) is 30.9 Å². The minimum Gasteiger partial charge on any atom is -0.480 e. The molecule has 3 atom stereocenters. The van der Waals surface area contributed by atoms with Gasteiger partial charge in [-0.05, 0) is 24.7 Å². The van der Waals surface area contributed by atoms with E-state index in [1.807, 2.05) is 4.90 Å². The fourth-order valence-corrected chi connectivity index (χ4v) is 4.19. The third-order valence-electron chi connectivity index (χ3n) is 3.85. The van der Waals surface area contributed by atoms with Crippen LogP contribution in [0.3, 0.4) is 0 Å². The largest absolute Gasteiger partial charge is 0.480 e. The number of anilines is 1. The van der Waals surface area contributed by atoms with Crippen molar-refractivity contribution in [3.63, 3.8) is 0 Å². The van der Waals surface area contributed by atoms with E-state index in [0.29, 0.717) is 11.1 Å². The molecule has 1 aliphatic heterocycles. The van der Waals surface area contributed by atoms with Crippen molar-refractivity contribution in [2.24, 2.45) is 11.8 Å². The molecule has 1 N–H and O–H groups in total. The second-order valence-corrected chi connectivity index (χ2v) is 5.97. The molecule has 92 valence electrons. The molecule has 2 heterocycles. The van der Waals surface area contributed by atoms with Gasteiger partial charge in [-0.15, -0.1) is 11.3 Å². The van der Waals surface area contributed by atoms with Crippen LogP contribution in [0.1, 0.15) is 19.3 Å². The van der Waals surface area contributed by atoms with Crippen molar-refractivity contribution in [1.29, 1.82) is 0 Å². The van der Waals surface area contributed by atoms with Crippen LogP contribution in [0, 0.1) is 11.8 Å². The van der Waals surface area contributed by atoms with Crippen LogP contribution in [0.25, 0.3) is 0 Å². The Morgan fingerprint density at radius 2 is 2.41 bits per heavy atom. The molecule has 2 fully saturated rings. The maximum Gasteiger partial charge on any atom is 0.326 e. The summed E-state index contributed by atoms with van der Waals surface area (Å²) in [4.78, 5) is 17.6. The van der Waals surface area contributed by atoms with Crippen LogP contribution in [0.15, 0.2) is 5.38 Å². The van der Waals surface area contributed by atoms with Gasteiger partial charge in [-0.1, -0.05) is 18.0 Å². The molecule has 1 saturated heterocycles. The Bertz CT molecular complexity index is 450. The molecule has 0 bridgehead atoms. The van der Waals surface area contributed by atoms with E-state index in [1.165, 1.54) is 11.3 Å². The second-order valence-electron chi connectivity index (χ2n) is 4.74. The van der Waals surface area contributed by atoms with Gasteiger partial charge in [0.25, 0.3) is 0 Å². The molecular weight excluding hydrogens is 260 g/mol. The van der Waals surface area contributed by atoms with Crippen LogP contribution in [-0.2, 0) is 4.79 Å². The van der Waals surface area contributed by atoms with E-state index < -0.39 is 12.0 Å². The summed E-state index contributed by atoms with van der Waals surface area (Å²) in [5, 5.41) is 12.4. The highest BCUT2D eigenvalue weighted by Crippen LogP contribution is 2.44. The van der Waals surface area contributed by atoms with E-state index in [2.05, 4.69) is 4.98 Å². The highest BCUT2D eigenvalue weighted by molar-refractivity contribution is 7.14. The normalized spacial score (nSPS) is 31.8. The van der Waals surface area contributed by atoms with Gasteiger partial charge in [0, 0.05) is 11.9 Å². The number of carboxylic acids is 1. The summed E-state index contributed by atoms with van der Waals surface area (Å²) >= 11 is 7.24. The van der Waals surface area contributed by atoms with Gasteiger partial charge in [-0.3, -0.25) is 0 Å². The van der Waals surface area contributed by atoms with Crippen LogP contribution in [0.2, 0.25) is 5.15 Å². The highest BCUT2D eigenvalue weighted by atomic mass is 35.5. The van der Waals surface area contributed by atoms with Crippen molar-refractivity contribution in [2.45, 2.75) is 25.3 Å². The number of aliphatic carboxylic acids is 1. The molecule has 0 radical (unpaired) electrons. The minimum atomic E-state index is -0.731. The lowest BCUT2D eigenvalue weighted by Gasteiger charge is -2.23. The van der Waals surface area contributed by atoms with E-state index in [4.69, 9.17) is 11.6 Å². The van der Waals surface area contributed by atoms with Crippen molar-refractivity contribution >= 4 is 34.0 Å². The predicted molar refractivity (Wildman–Crippen MR) is 66.7 cm³/mol. The van der Waals surface area contributed by atoms with Gasteiger partial charge < -0.3 is 10.0 Å².